The number of rotatable bonds is 1. The number of hydrogen-bond donors (Lipinski definition) is 0. The molecule has 0 saturated carbocycles. The van der Waals surface area contributed by atoms with E-state index in [2.05, 4.69) is 32.0 Å². The van der Waals surface area contributed by atoms with Crippen LogP contribution in [0.5, 0.6) is 0 Å². The maximum atomic E-state index is 2.40. The van der Waals surface area contributed by atoms with E-state index in [9.17, 15) is 0 Å². The second-order valence-electron chi connectivity index (χ2n) is 3.86. The summed E-state index contributed by atoms with van der Waals surface area (Å²) in [4.78, 5) is 0.924. The molecule has 0 radical (unpaired) electrons. The van der Waals surface area contributed by atoms with Crippen molar-refractivity contribution in [2.45, 2.75) is 36.8 Å². The molecule has 0 N–H and O–H groups in total. The molecular formula is C12H16Se. The van der Waals surface area contributed by atoms with E-state index in [1.807, 2.05) is 0 Å². The van der Waals surface area contributed by atoms with Crippen molar-refractivity contribution in [3.8, 4) is 0 Å². The van der Waals surface area contributed by atoms with E-state index in [1.54, 1.807) is 5.56 Å². The summed E-state index contributed by atoms with van der Waals surface area (Å²) in [7, 11) is 0. The molecule has 1 unspecified atom stereocenters. The average molecular weight is 239 g/mol. The van der Waals surface area contributed by atoms with Crippen molar-refractivity contribution in [3.63, 3.8) is 0 Å². The van der Waals surface area contributed by atoms with Crippen LogP contribution in [0.3, 0.4) is 0 Å². The minimum absolute atomic E-state index is 0.874. The third kappa shape index (κ3) is 1.98. The van der Waals surface area contributed by atoms with Crippen LogP contribution in [0, 0.1) is 13.8 Å². The number of benzene rings is 1. The summed E-state index contributed by atoms with van der Waals surface area (Å²) < 4.78 is 0. The van der Waals surface area contributed by atoms with Crippen molar-refractivity contribution in [2.24, 2.45) is 0 Å². The van der Waals surface area contributed by atoms with Gasteiger partial charge in [-0.2, -0.15) is 0 Å². The summed E-state index contributed by atoms with van der Waals surface area (Å²) in [5.74, 6) is 0. The fourth-order valence-corrected chi connectivity index (χ4v) is 4.83. The molecule has 1 fully saturated rings. The Hall–Kier alpha value is -0.261. The van der Waals surface area contributed by atoms with Gasteiger partial charge in [-0.25, -0.2) is 0 Å². The predicted molar refractivity (Wildman–Crippen MR) is 58.5 cm³/mol. The quantitative estimate of drug-likeness (QED) is 0.660. The summed E-state index contributed by atoms with van der Waals surface area (Å²) >= 11 is 0.874. The molecule has 0 nitrogen and oxygen atoms in total. The molecule has 1 saturated heterocycles. The summed E-state index contributed by atoms with van der Waals surface area (Å²) in [6, 6.07) is 6.90. The number of aryl methyl sites for hydroxylation is 2. The van der Waals surface area contributed by atoms with E-state index < -0.39 is 0 Å². The molecule has 1 aromatic rings. The fraction of sp³-hybridized carbons (Fsp3) is 0.500. The van der Waals surface area contributed by atoms with Gasteiger partial charge in [-0.3, -0.25) is 0 Å². The first-order valence-electron chi connectivity index (χ1n) is 4.96. The van der Waals surface area contributed by atoms with E-state index in [0.29, 0.717) is 0 Å². The van der Waals surface area contributed by atoms with Gasteiger partial charge in [-0.1, -0.05) is 0 Å². The van der Waals surface area contributed by atoms with Crippen molar-refractivity contribution in [3.05, 3.63) is 34.9 Å². The first kappa shape index (κ1) is 9.30. The van der Waals surface area contributed by atoms with Crippen LogP contribution in [0.15, 0.2) is 18.2 Å². The van der Waals surface area contributed by atoms with E-state index >= 15 is 0 Å². The Labute approximate surface area is 86.9 Å². The Kier molecular flexibility index (Phi) is 2.76. The second kappa shape index (κ2) is 3.86. The zero-order valence-electron chi connectivity index (χ0n) is 8.34. The van der Waals surface area contributed by atoms with E-state index in [-0.39, 0.29) is 0 Å². The van der Waals surface area contributed by atoms with Gasteiger partial charge in [-0.05, 0) is 0 Å². The third-order valence-corrected chi connectivity index (χ3v) is 5.68. The molecule has 2 rings (SSSR count). The minimum atomic E-state index is 0.874. The van der Waals surface area contributed by atoms with Crippen LogP contribution < -0.4 is 0 Å². The van der Waals surface area contributed by atoms with Gasteiger partial charge in [0.25, 0.3) is 0 Å². The molecule has 1 aliphatic rings. The van der Waals surface area contributed by atoms with Crippen LogP contribution in [0.1, 0.15) is 34.3 Å². The molecular weight excluding hydrogens is 223 g/mol. The summed E-state index contributed by atoms with van der Waals surface area (Å²) in [6.45, 7) is 4.45. The van der Waals surface area contributed by atoms with Crippen LogP contribution >= 0.6 is 0 Å². The summed E-state index contributed by atoms with van der Waals surface area (Å²) in [5, 5.41) is 1.49. The molecule has 70 valence electrons. The molecule has 1 aromatic carbocycles. The van der Waals surface area contributed by atoms with E-state index in [4.69, 9.17) is 0 Å². The van der Waals surface area contributed by atoms with Crippen LogP contribution in [-0.4, -0.2) is 15.0 Å². The molecule has 0 amide bonds. The van der Waals surface area contributed by atoms with Crippen molar-refractivity contribution in [2.75, 3.05) is 0 Å². The van der Waals surface area contributed by atoms with E-state index in [0.717, 1.165) is 19.8 Å². The Balaban J connectivity index is 2.32. The predicted octanol–water partition coefficient (Wildman–Crippen LogP) is 3.26. The second-order valence-corrected chi connectivity index (χ2v) is 6.61. The number of hydrogen-bond acceptors (Lipinski definition) is 0. The van der Waals surface area contributed by atoms with Crippen LogP contribution in [-0.2, 0) is 0 Å². The standard InChI is InChI=1S/C12H16Se/c1-9-5-6-10(2)11(8-9)12-4-3-7-13-12/h5-6,8,12H,3-4,7H2,1-2H3. The first-order chi connectivity index (χ1) is 6.27. The van der Waals surface area contributed by atoms with Gasteiger partial charge < -0.3 is 0 Å². The van der Waals surface area contributed by atoms with Gasteiger partial charge in [0, 0.05) is 0 Å². The molecule has 1 atom stereocenters. The maximum absolute atomic E-state index is 2.40. The SMILES string of the molecule is Cc1ccc(C)c(C2CCC[Se]2)c1. The molecule has 1 heteroatoms. The average Bonchev–Trinajstić information content (AvgIpc) is 2.61. The van der Waals surface area contributed by atoms with Crippen LogP contribution in [0.25, 0.3) is 0 Å². The zero-order valence-corrected chi connectivity index (χ0v) is 10.1. The van der Waals surface area contributed by atoms with Gasteiger partial charge in [0.15, 0.2) is 0 Å². The zero-order chi connectivity index (χ0) is 9.26. The molecule has 1 aliphatic heterocycles. The monoisotopic (exact) mass is 240 g/mol. The molecule has 0 spiro atoms. The molecule has 0 aromatic heterocycles. The van der Waals surface area contributed by atoms with Gasteiger partial charge in [0.1, 0.15) is 0 Å². The van der Waals surface area contributed by atoms with Crippen LogP contribution in [0.2, 0.25) is 5.32 Å². The van der Waals surface area contributed by atoms with Crippen LogP contribution in [0.4, 0.5) is 0 Å². The summed E-state index contributed by atoms with van der Waals surface area (Å²) in [6.07, 6.45) is 2.89. The molecule has 1 heterocycles. The van der Waals surface area contributed by atoms with Gasteiger partial charge in [0.05, 0.1) is 0 Å². The van der Waals surface area contributed by atoms with Gasteiger partial charge >= 0.3 is 86.7 Å². The van der Waals surface area contributed by atoms with Crippen molar-refractivity contribution < 1.29 is 0 Å². The topological polar surface area (TPSA) is 0 Å². The third-order valence-electron chi connectivity index (χ3n) is 2.71. The Morgan fingerprint density at radius 1 is 1.31 bits per heavy atom. The van der Waals surface area contributed by atoms with Crippen molar-refractivity contribution in [1.82, 2.24) is 0 Å². The Morgan fingerprint density at radius 2 is 2.15 bits per heavy atom. The van der Waals surface area contributed by atoms with E-state index in [1.165, 1.54) is 29.3 Å². The fourth-order valence-electron chi connectivity index (χ4n) is 1.93. The van der Waals surface area contributed by atoms with Gasteiger partial charge in [-0.15, -0.1) is 0 Å². The molecule has 0 bridgehead atoms. The van der Waals surface area contributed by atoms with Crippen molar-refractivity contribution in [1.29, 1.82) is 0 Å². The normalized spacial score (nSPS) is 22.2. The summed E-state index contributed by atoms with van der Waals surface area (Å²) in [5.41, 5.74) is 4.56. The van der Waals surface area contributed by atoms with Gasteiger partial charge in [0.2, 0.25) is 0 Å². The Bertz CT molecular complexity index is 298. The first-order valence-corrected chi connectivity index (χ1v) is 7.16. The molecule has 0 aliphatic carbocycles. The molecule has 13 heavy (non-hydrogen) atoms. The van der Waals surface area contributed by atoms with Crippen molar-refractivity contribution >= 4 is 15.0 Å². The Morgan fingerprint density at radius 3 is 2.85 bits per heavy atom.